The maximum atomic E-state index is 12.1. The normalized spacial score (nSPS) is 21.0. The molecule has 1 amide bonds. The fraction of sp³-hybridized carbons (Fsp3) is 0.611. The first-order valence-electron chi connectivity index (χ1n) is 8.30. The molecule has 124 valence electrons. The number of carbonyl (C=O) groups excluding carboxylic acids is 1. The lowest BCUT2D eigenvalue weighted by Gasteiger charge is -2.31. The second-order valence-corrected chi connectivity index (χ2v) is 6.12. The van der Waals surface area contributed by atoms with Gasteiger partial charge < -0.3 is 11.1 Å². The largest absolute Gasteiger partial charge is 0.353 e. The zero-order valence-corrected chi connectivity index (χ0v) is 14.3. The summed E-state index contributed by atoms with van der Waals surface area (Å²) < 4.78 is 0. The van der Waals surface area contributed by atoms with Crippen molar-refractivity contribution in [2.75, 3.05) is 6.54 Å². The highest BCUT2D eigenvalue weighted by molar-refractivity contribution is 5.85. The summed E-state index contributed by atoms with van der Waals surface area (Å²) in [5.74, 6) is 0.631. The quantitative estimate of drug-likeness (QED) is 0.844. The van der Waals surface area contributed by atoms with Gasteiger partial charge in [-0.05, 0) is 49.3 Å². The third-order valence-corrected chi connectivity index (χ3v) is 4.63. The highest BCUT2D eigenvalue weighted by Crippen LogP contribution is 2.23. The van der Waals surface area contributed by atoms with Gasteiger partial charge in [0.25, 0.3) is 0 Å². The van der Waals surface area contributed by atoms with Crippen molar-refractivity contribution in [3.8, 4) is 0 Å². The Morgan fingerprint density at radius 2 is 1.82 bits per heavy atom. The molecule has 1 aliphatic carbocycles. The molecule has 2 atom stereocenters. The minimum Gasteiger partial charge on any atom is -0.353 e. The molecule has 0 bridgehead atoms. The molecule has 0 heterocycles. The maximum Gasteiger partial charge on any atom is 0.220 e. The molecule has 1 fully saturated rings. The van der Waals surface area contributed by atoms with Crippen LogP contribution in [0.5, 0.6) is 0 Å². The van der Waals surface area contributed by atoms with Crippen LogP contribution in [0.1, 0.15) is 50.2 Å². The van der Waals surface area contributed by atoms with Crippen molar-refractivity contribution in [1.82, 2.24) is 5.32 Å². The molecule has 1 saturated carbocycles. The van der Waals surface area contributed by atoms with Crippen LogP contribution in [0.2, 0.25) is 0 Å². The molecular formula is C18H29ClN2O. The van der Waals surface area contributed by atoms with Gasteiger partial charge in [0.2, 0.25) is 5.91 Å². The molecule has 2 rings (SSSR count). The molecule has 22 heavy (non-hydrogen) atoms. The van der Waals surface area contributed by atoms with E-state index in [4.69, 9.17) is 5.73 Å². The Hall–Kier alpha value is -1.06. The first kappa shape index (κ1) is 19.0. The molecule has 0 radical (unpaired) electrons. The lowest BCUT2D eigenvalue weighted by Crippen LogP contribution is -2.44. The molecule has 3 N–H and O–H groups in total. The number of halogens is 1. The number of nitrogens with two attached hydrogens (primary N) is 1. The molecule has 0 aliphatic heterocycles. The third kappa shape index (κ3) is 5.62. The van der Waals surface area contributed by atoms with E-state index in [0.717, 1.165) is 25.7 Å². The number of hydrogen-bond donors (Lipinski definition) is 2. The van der Waals surface area contributed by atoms with Crippen LogP contribution in [-0.4, -0.2) is 18.5 Å². The van der Waals surface area contributed by atoms with Gasteiger partial charge in [0.15, 0.2) is 0 Å². The lowest BCUT2D eigenvalue weighted by atomic mass is 9.84. The van der Waals surface area contributed by atoms with E-state index in [0.29, 0.717) is 24.9 Å². The smallest absolute Gasteiger partial charge is 0.220 e. The van der Waals surface area contributed by atoms with Crippen LogP contribution in [0.3, 0.4) is 0 Å². The minimum atomic E-state index is 0. The van der Waals surface area contributed by atoms with E-state index in [1.807, 2.05) is 0 Å². The average molecular weight is 325 g/mol. The van der Waals surface area contributed by atoms with Gasteiger partial charge in [-0.25, -0.2) is 0 Å². The van der Waals surface area contributed by atoms with Gasteiger partial charge in [0, 0.05) is 12.5 Å². The van der Waals surface area contributed by atoms with E-state index in [2.05, 4.69) is 36.5 Å². The number of carbonyl (C=O) groups is 1. The molecule has 0 aromatic heterocycles. The Kier molecular flexibility index (Phi) is 8.51. The molecule has 2 unspecified atom stereocenters. The fourth-order valence-corrected chi connectivity index (χ4v) is 3.16. The molecule has 1 aromatic carbocycles. The number of rotatable bonds is 6. The van der Waals surface area contributed by atoms with Gasteiger partial charge in [-0.3, -0.25) is 4.79 Å². The molecule has 1 aromatic rings. The van der Waals surface area contributed by atoms with Crippen LogP contribution in [0.4, 0.5) is 0 Å². The molecular weight excluding hydrogens is 296 g/mol. The third-order valence-electron chi connectivity index (χ3n) is 4.63. The van der Waals surface area contributed by atoms with E-state index in [-0.39, 0.29) is 18.3 Å². The summed E-state index contributed by atoms with van der Waals surface area (Å²) in [5.41, 5.74) is 8.39. The standard InChI is InChI=1S/C18H28N2O.ClH/c1-2-14-7-9-15(10-8-14)11-12-18(21)20-17-6-4-3-5-16(17)13-19;/h7-10,16-17H,2-6,11-13,19H2,1H3,(H,20,21);1H. The summed E-state index contributed by atoms with van der Waals surface area (Å²) in [6, 6.07) is 8.86. The SMILES string of the molecule is CCc1ccc(CCC(=O)NC2CCCCC2CN)cc1.Cl. The van der Waals surface area contributed by atoms with Crippen molar-refractivity contribution >= 4 is 18.3 Å². The second-order valence-electron chi connectivity index (χ2n) is 6.12. The van der Waals surface area contributed by atoms with Gasteiger partial charge in [-0.15, -0.1) is 12.4 Å². The summed E-state index contributed by atoms with van der Waals surface area (Å²) in [4.78, 5) is 12.1. The predicted molar refractivity (Wildman–Crippen MR) is 94.3 cm³/mol. The van der Waals surface area contributed by atoms with E-state index in [1.165, 1.54) is 24.0 Å². The minimum absolute atomic E-state index is 0. The average Bonchev–Trinajstić information content (AvgIpc) is 2.54. The van der Waals surface area contributed by atoms with Gasteiger partial charge >= 0.3 is 0 Å². The summed E-state index contributed by atoms with van der Waals surface area (Å²) >= 11 is 0. The Labute approximate surface area is 140 Å². The lowest BCUT2D eigenvalue weighted by molar-refractivity contribution is -0.122. The predicted octanol–water partition coefficient (Wildman–Crippen LogP) is 3.24. The Morgan fingerprint density at radius 1 is 1.18 bits per heavy atom. The number of nitrogens with one attached hydrogen (secondary N) is 1. The first-order valence-corrected chi connectivity index (χ1v) is 8.30. The van der Waals surface area contributed by atoms with Crippen LogP contribution in [-0.2, 0) is 17.6 Å². The van der Waals surface area contributed by atoms with E-state index < -0.39 is 0 Å². The highest BCUT2D eigenvalue weighted by Gasteiger charge is 2.24. The zero-order chi connectivity index (χ0) is 15.1. The van der Waals surface area contributed by atoms with Crippen molar-refractivity contribution in [2.45, 2.75) is 57.9 Å². The Bertz CT molecular complexity index is 447. The highest BCUT2D eigenvalue weighted by atomic mass is 35.5. The zero-order valence-electron chi connectivity index (χ0n) is 13.5. The van der Waals surface area contributed by atoms with Crippen molar-refractivity contribution in [1.29, 1.82) is 0 Å². The molecule has 4 heteroatoms. The van der Waals surface area contributed by atoms with Crippen LogP contribution < -0.4 is 11.1 Å². The second kappa shape index (κ2) is 9.86. The molecule has 0 saturated heterocycles. The molecule has 0 spiro atoms. The Morgan fingerprint density at radius 3 is 2.45 bits per heavy atom. The maximum absolute atomic E-state index is 12.1. The monoisotopic (exact) mass is 324 g/mol. The van der Waals surface area contributed by atoms with Crippen LogP contribution >= 0.6 is 12.4 Å². The summed E-state index contributed by atoms with van der Waals surface area (Å²) in [6.45, 7) is 2.84. The number of aryl methyl sites for hydroxylation is 2. The Balaban J connectivity index is 0.00000242. The van der Waals surface area contributed by atoms with Gasteiger partial charge in [0.1, 0.15) is 0 Å². The van der Waals surface area contributed by atoms with Crippen LogP contribution in [0.25, 0.3) is 0 Å². The summed E-state index contributed by atoms with van der Waals surface area (Å²) in [6.07, 6.45) is 7.13. The van der Waals surface area contributed by atoms with E-state index in [1.54, 1.807) is 0 Å². The van der Waals surface area contributed by atoms with Gasteiger partial charge in [-0.1, -0.05) is 44.0 Å². The van der Waals surface area contributed by atoms with Crippen molar-refractivity contribution in [2.24, 2.45) is 11.7 Å². The number of amides is 1. The number of hydrogen-bond acceptors (Lipinski definition) is 2. The molecule has 1 aliphatic rings. The van der Waals surface area contributed by atoms with Crippen molar-refractivity contribution < 1.29 is 4.79 Å². The first-order chi connectivity index (χ1) is 10.2. The van der Waals surface area contributed by atoms with E-state index >= 15 is 0 Å². The summed E-state index contributed by atoms with van der Waals surface area (Å²) in [7, 11) is 0. The fourth-order valence-electron chi connectivity index (χ4n) is 3.16. The van der Waals surface area contributed by atoms with Crippen LogP contribution in [0.15, 0.2) is 24.3 Å². The van der Waals surface area contributed by atoms with E-state index in [9.17, 15) is 4.79 Å². The molecule has 3 nitrogen and oxygen atoms in total. The van der Waals surface area contributed by atoms with Crippen molar-refractivity contribution in [3.63, 3.8) is 0 Å². The topological polar surface area (TPSA) is 55.1 Å². The number of benzene rings is 1. The van der Waals surface area contributed by atoms with Crippen LogP contribution in [0, 0.1) is 5.92 Å². The summed E-state index contributed by atoms with van der Waals surface area (Å²) in [5, 5.41) is 3.19. The van der Waals surface area contributed by atoms with Gasteiger partial charge in [0.05, 0.1) is 0 Å². The van der Waals surface area contributed by atoms with Crippen molar-refractivity contribution in [3.05, 3.63) is 35.4 Å². The van der Waals surface area contributed by atoms with Gasteiger partial charge in [-0.2, -0.15) is 0 Å².